The Morgan fingerprint density at radius 2 is 1.89 bits per heavy atom. The number of piperazine rings is 1. The molecular weight excluding hydrogens is 364 g/mol. The number of methoxy groups -OCH3 is 1. The number of carbonyl (C=O) groups excluding carboxylic acids is 3. The monoisotopic (exact) mass is 386 g/mol. The minimum Gasteiger partial charge on any atom is -0.453 e. The standard InChI is InChI=1S/C18H22N6O4/c1-21-14-11-12(22-7-9-23(10-8-22)18(27)28-2)3-4-13(14)16(20-21)24-6-5-15(25)19-17(24)26/h3-4,11H,5-10H2,1-2H3,(H,19,25,26). The lowest BCUT2D eigenvalue weighted by Gasteiger charge is -2.35. The molecule has 2 aromatic rings. The highest BCUT2D eigenvalue weighted by atomic mass is 16.5. The van der Waals surface area contributed by atoms with Gasteiger partial charge in [0, 0.05) is 57.3 Å². The fourth-order valence-electron chi connectivity index (χ4n) is 3.67. The van der Waals surface area contributed by atoms with Crippen LogP contribution in [0.2, 0.25) is 0 Å². The third kappa shape index (κ3) is 3.10. The molecule has 1 aromatic heterocycles. The van der Waals surface area contributed by atoms with Gasteiger partial charge in [0.15, 0.2) is 5.82 Å². The molecule has 0 aliphatic carbocycles. The highest BCUT2D eigenvalue weighted by Crippen LogP contribution is 2.30. The predicted octanol–water partition coefficient (Wildman–Crippen LogP) is 0.908. The lowest BCUT2D eigenvalue weighted by Crippen LogP contribution is -2.49. The van der Waals surface area contributed by atoms with Gasteiger partial charge >= 0.3 is 12.1 Å². The molecule has 1 aromatic carbocycles. The molecule has 2 saturated heterocycles. The van der Waals surface area contributed by atoms with E-state index in [-0.39, 0.29) is 18.4 Å². The molecule has 3 heterocycles. The second-order valence-electron chi connectivity index (χ2n) is 6.85. The first kappa shape index (κ1) is 18.1. The number of ether oxygens (including phenoxy) is 1. The molecule has 0 bridgehead atoms. The highest BCUT2D eigenvalue weighted by Gasteiger charge is 2.28. The first-order valence-corrected chi connectivity index (χ1v) is 9.14. The van der Waals surface area contributed by atoms with Gasteiger partial charge in [-0.1, -0.05) is 0 Å². The van der Waals surface area contributed by atoms with Gasteiger partial charge in [0.05, 0.1) is 12.6 Å². The van der Waals surface area contributed by atoms with Gasteiger partial charge in [0.2, 0.25) is 5.91 Å². The topological polar surface area (TPSA) is 100 Å². The molecule has 148 valence electrons. The van der Waals surface area contributed by atoms with Gasteiger partial charge in [0.25, 0.3) is 0 Å². The predicted molar refractivity (Wildman–Crippen MR) is 102 cm³/mol. The Morgan fingerprint density at radius 3 is 2.57 bits per heavy atom. The van der Waals surface area contributed by atoms with E-state index in [1.54, 1.807) is 9.58 Å². The van der Waals surface area contributed by atoms with Gasteiger partial charge in [-0.05, 0) is 18.2 Å². The van der Waals surface area contributed by atoms with E-state index in [9.17, 15) is 14.4 Å². The summed E-state index contributed by atoms with van der Waals surface area (Å²) in [6, 6.07) is 5.53. The summed E-state index contributed by atoms with van der Waals surface area (Å²) in [5.74, 6) is 0.277. The van der Waals surface area contributed by atoms with Crippen molar-refractivity contribution in [1.82, 2.24) is 20.0 Å². The first-order valence-electron chi connectivity index (χ1n) is 9.14. The lowest BCUT2D eigenvalue weighted by atomic mass is 10.2. The van der Waals surface area contributed by atoms with Crippen molar-refractivity contribution in [1.29, 1.82) is 0 Å². The summed E-state index contributed by atoms with van der Waals surface area (Å²) < 4.78 is 6.52. The van der Waals surface area contributed by atoms with Crippen molar-refractivity contribution in [2.75, 3.05) is 49.6 Å². The Balaban J connectivity index is 1.57. The van der Waals surface area contributed by atoms with E-state index in [0.29, 0.717) is 38.5 Å². The van der Waals surface area contributed by atoms with Crippen molar-refractivity contribution in [3.05, 3.63) is 18.2 Å². The number of anilines is 2. The Labute approximate surface area is 161 Å². The van der Waals surface area contributed by atoms with Crippen molar-refractivity contribution < 1.29 is 19.1 Å². The number of imide groups is 1. The second kappa shape index (κ2) is 7.02. The highest BCUT2D eigenvalue weighted by molar-refractivity contribution is 6.09. The first-order chi connectivity index (χ1) is 13.5. The van der Waals surface area contributed by atoms with E-state index in [1.165, 1.54) is 12.0 Å². The van der Waals surface area contributed by atoms with Crippen LogP contribution in [0.4, 0.5) is 21.1 Å². The third-order valence-corrected chi connectivity index (χ3v) is 5.20. The number of nitrogens with zero attached hydrogens (tertiary/aromatic N) is 5. The molecular formula is C18H22N6O4. The number of nitrogens with one attached hydrogen (secondary N) is 1. The second-order valence-corrected chi connectivity index (χ2v) is 6.85. The molecule has 10 heteroatoms. The van der Waals surface area contributed by atoms with Gasteiger partial charge < -0.3 is 14.5 Å². The molecule has 0 unspecified atom stereocenters. The number of fused-ring (bicyclic) bond motifs is 1. The summed E-state index contributed by atoms with van der Waals surface area (Å²) >= 11 is 0. The number of aromatic nitrogens is 2. The van der Waals surface area contributed by atoms with E-state index >= 15 is 0 Å². The number of urea groups is 1. The Morgan fingerprint density at radius 1 is 1.14 bits per heavy atom. The van der Waals surface area contributed by atoms with Crippen LogP contribution < -0.4 is 15.1 Å². The van der Waals surface area contributed by atoms with E-state index in [4.69, 9.17) is 4.74 Å². The quantitative estimate of drug-likeness (QED) is 0.824. The molecule has 2 aliphatic heterocycles. The lowest BCUT2D eigenvalue weighted by molar-refractivity contribution is -0.120. The van der Waals surface area contributed by atoms with Gasteiger partial charge in [-0.2, -0.15) is 5.10 Å². The van der Waals surface area contributed by atoms with Crippen LogP contribution in [0, 0.1) is 0 Å². The number of amides is 4. The molecule has 1 N–H and O–H groups in total. The van der Waals surface area contributed by atoms with Crippen LogP contribution in [-0.2, 0) is 16.6 Å². The van der Waals surface area contributed by atoms with Crippen LogP contribution in [-0.4, -0.2) is 72.5 Å². The fourth-order valence-corrected chi connectivity index (χ4v) is 3.67. The molecule has 0 spiro atoms. The van der Waals surface area contributed by atoms with Gasteiger partial charge in [-0.3, -0.25) is 19.7 Å². The van der Waals surface area contributed by atoms with Crippen LogP contribution in [0.3, 0.4) is 0 Å². The van der Waals surface area contributed by atoms with Crippen molar-refractivity contribution in [2.45, 2.75) is 6.42 Å². The number of hydrogen-bond donors (Lipinski definition) is 1. The number of hydrogen-bond acceptors (Lipinski definition) is 6. The summed E-state index contributed by atoms with van der Waals surface area (Å²) in [5.41, 5.74) is 1.93. The SMILES string of the molecule is COC(=O)N1CCN(c2ccc3c(N4CCC(=O)NC4=O)nn(C)c3c2)CC1. The van der Waals surface area contributed by atoms with E-state index in [2.05, 4.69) is 15.3 Å². The maximum absolute atomic E-state index is 12.2. The zero-order valence-corrected chi connectivity index (χ0v) is 15.8. The Kier molecular flexibility index (Phi) is 4.54. The van der Waals surface area contributed by atoms with Crippen LogP contribution in [0.5, 0.6) is 0 Å². The van der Waals surface area contributed by atoms with Crippen molar-refractivity contribution in [3.63, 3.8) is 0 Å². The van der Waals surface area contributed by atoms with Crippen LogP contribution in [0.15, 0.2) is 18.2 Å². The van der Waals surface area contributed by atoms with Gasteiger partial charge in [-0.15, -0.1) is 0 Å². The van der Waals surface area contributed by atoms with Crippen LogP contribution >= 0.6 is 0 Å². The summed E-state index contributed by atoms with van der Waals surface area (Å²) in [4.78, 5) is 40.6. The fraction of sp³-hybridized carbons (Fsp3) is 0.444. The van der Waals surface area contributed by atoms with Crippen molar-refractivity contribution in [2.24, 2.45) is 7.05 Å². The maximum atomic E-state index is 12.2. The van der Waals surface area contributed by atoms with Crippen LogP contribution in [0.1, 0.15) is 6.42 Å². The van der Waals surface area contributed by atoms with Crippen LogP contribution in [0.25, 0.3) is 10.9 Å². The molecule has 4 amide bonds. The van der Waals surface area contributed by atoms with Crippen molar-refractivity contribution in [3.8, 4) is 0 Å². The minimum absolute atomic E-state index is 0.256. The van der Waals surface area contributed by atoms with Gasteiger partial charge in [-0.25, -0.2) is 9.59 Å². The molecule has 2 fully saturated rings. The molecule has 4 rings (SSSR count). The number of aryl methyl sites for hydroxylation is 1. The largest absolute Gasteiger partial charge is 0.453 e. The molecule has 0 saturated carbocycles. The minimum atomic E-state index is -0.445. The number of rotatable bonds is 2. The van der Waals surface area contributed by atoms with E-state index in [0.717, 1.165) is 16.6 Å². The molecule has 2 aliphatic rings. The zero-order valence-electron chi connectivity index (χ0n) is 15.8. The number of carbonyl (C=O) groups is 3. The molecule has 10 nitrogen and oxygen atoms in total. The normalized spacial score (nSPS) is 17.9. The van der Waals surface area contributed by atoms with Gasteiger partial charge in [0.1, 0.15) is 0 Å². The smallest absolute Gasteiger partial charge is 0.409 e. The average molecular weight is 386 g/mol. The molecule has 28 heavy (non-hydrogen) atoms. The maximum Gasteiger partial charge on any atom is 0.409 e. The summed E-state index contributed by atoms with van der Waals surface area (Å²) in [6.45, 7) is 2.94. The van der Waals surface area contributed by atoms with E-state index in [1.807, 2.05) is 25.2 Å². The summed E-state index contributed by atoms with van der Waals surface area (Å²) in [5, 5.41) is 7.69. The molecule has 0 atom stereocenters. The summed E-state index contributed by atoms with van der Waals surface area (Å²) in [6.07, 6.45) is -0.0449. The summed E-state index contributed by atoms with van der Waals surface area (Å²) in [7, 11) is 3.22. The average Bonchev–Trinajstić information content (AvgIpc) is 3.03. The third-order valence-electron chi connectivity index (χ3n) is 5.20. The molecule has 0 radical (unpaired) electrons. The Bertz CT molecular complexity index is 947. The Hall–Kier alpha value is -3.30. The van der Waals surface area contributed by atoms with Crippen molar-refractivity contribution >= 4 is 40.4 Å². The number of benzene rings is 1. The zero-order chi connectivity index (χ0) is 19.8. The van der Waals surface area contributed by atoms with E-state index < -0.39 is 6.03 Å².